The molecule has 0 spiro atoms. The lowest BCUT2D eigenvalue weighted by Crippen LogP contribution is -2.45. The fourth-order valence-corrected chi connectivity index (χ4v) is 1.88. The summed E-state index contributed by atoms with van der Waals surface area (Å²) in [6.07, 6.45) is -3.90. The molecule has 0 bridgehead atoms. The van der Waals surface area contributed by atoms with Gasteiger partial charge in [-0.15, -0.1) is 0 Å². The molecule has 10 heteroatoms. The normalized spacial score (nSPS) is 11.8. The Labute approximate surface area is 129 Å². The van der Waals surface area contributed by atoms with Gasteiger partial charge in [-0.05, 0) is 6.07 Å². The van der Waals surface area contributed by atoms with E-state index in [1.165, 1.54) is 36.2 Å². The van der Waals surface area contributed by atoms with E-state index in [9.17, 15) is 28.5 Å². The van der Waals surface area contributed by atoms with Crippen LogP contribution in [0.25, 0.3) is 0 Å². The Morgan fingerprint density at radius 3 is 2.52 bits per heavy atom. The van der Waals surface area contributed by atoms with Gasteiger partial charge in [0.15, 0.2) is 0 Å². The van der Waals surface area contributed by atoms with Crippen molar-refractivity contribution in [1.29, 1.82) is 0 Å². The molecule has 0 radical (unpaired) electrons. The fraction of sp³-hybridized carbons (Fsp3) is 0.385. The van der Waals surface area contributed by atoms with Gasteiger partial charge >= 0.3 is 5.97 Å². The first kappa shape index (κ1) is 18.3. The van der Waals surface area contributed by atoms with Crippen LogP contribution >= 0.6 is 0 Å². The van der Waals surface area contributed by atoms with E-state index < -0.39 is 42.2 Å². The van der Waals surface area contributed by atoms with Gasteiger partial charge in [-0.2, -0.15) is 0 Å². The molecule has 8 nitrogen and oxygen atoms in total. The minimum Gasteiger partial charge on any atom is -0.480 e. The number of aliphatic carboxylic acids is 1. The summed E-state index contributed by atoms with van der Waals surface area (Å²) in [5, 5.41) is 21.7. The second kappa shape index (κ2) is 8.01. The van der Waals surface area contributed by atoms with Crippen LogP contribution in [0.1, 0.15) is 6.42 Å². The largest absolute Gasteiger partial charge is 0.480 e. The van der Waals surface area contributed by atoms with Crippen LogP contribution in [0.3, 0.4) is 0 Å². The number of halogens is 2. The predicted molar refractivity (Wildman–Crippen MR) is 76.6 cm³/mol. The summed E-state index contributed by atoms with van der Waals surface area (Å²) in [5.74, 6) is -2.41. The van der Waals surface area contributed by atoms with E-state index in [1.54, 1.807) is 0 Å². The highest BCUT2D eigenvalue weighted by molar-refractivity contribution is 5.87. The first-order valence-electron chi connectivity index (χ1n) is 6.47. The number of hydrogen-bond donors (Lipinski definition) is 2. The lowest BCUT2D eigenvalue weighted by molar-refractivity contribution is -0.384. The van der Waals surface area contributed by atoms with Crippen molar-refractivity contribution in [1.82, 2.24) is 5.32 Å². The average Bonchev–Trinajstić information content (AvgIpc) is 2.45. The summed E-state index contributed by atoms with van der Waals surface area (Å²) in [7, 11) is 1.39. The van der Waals surface area contributed by atoms with Crippen LogP contribution in [0.2, 0.25) is 0 Å². The Bertz CT molecular complexity index is 597. The summed E-state index contributed by atoms with van der Waals surface area (Å²) in [5.41, 5.74) is -0.0847. The number of nitro groups is 1. The number of likely N-dealkylation sites (N-methyl/N-ethyl adjacent to an activating group) is 1. The number of para-hydroxylation sites is 2. The standard InChI is InChI=1S/C13H15F2N3O5/c1-17(9-4-2-3-5-10(9)18(22)23)7-12(19)16-8(13(20)21)6-11(14)15/h2-5,8,11H,6-7H2,1H3,(H,16,19)(H,20,21). The molecule has 2 N–H and O–H groups in total. The van der Waals surface area contributed by atoms with E-state index in [0.29, 0.717) is 0 Å². The minimum absolute atomic E-state index is 0.147. The number of hydrogen-bond acceptors (Lipinski definition) is 5. The topological polar surface area (TPSA) is 113 Å². The molecule has 0 saturated heterocycles. The quantitative estimate of drug-likeness (QED) is 0.548. The zero-order chi connectivity index (χ0) is 17.6. The van der Waals surface area contributed by atoms with Gasteiger partial charge in [0.1, 0.15) is 11.7 Å². The van der Waals surface area contributed by atoms with Crippen molar-refractivity contribution in [3.63, 3.8) is 0 Å². The van der Waals surface area contributed by atoms with Crippen molar-refractivity contribution in [3.05, 3.63) is 34.4 Å². The van der Waals surface area contributed by atoms with Gasteiger partial charge in [-0.1, -0.05) is 12.1 Å². The van der Waals surface area contributed by atoms with E-state index >= 15 is 0 Å². The summed E-state index contributed by atoms with van der Waals surface area (Å²) >= 11 is 0. The van der Waals surface area contributed by atoms with Crippen LogP contribution in [0, 0.1) is 10.1 Å². The molecule has 0 aliphatic rings. The smallest absolute Gasteiger partial charge is 0.326 e. The van der Waals surface area contributed by atoms with Crippen LogP contribution in [0.4, 0.5) is 20.2 Å². The second-order valence-corrected chi connectivity index (χ2v) is 4.69. The van der Waals surface area contributed by atoms with Gasteiger partial charge < -0.3 is 15.3 Å². The first-order valence-corrected chi connectivity index (χ1v) is 6.47. The highest BCUT2D eigenvalue weighted by atomic mass is 19.3. The van der Waals surface area contributed by atoms with Gasteiger partial charge in [-0.3, -0.25) is 14.9 Å². The van der Waals surface area contributed by atoms with Crippen LogP contribution in [0.15, 0.2) is 24.3 Å². The second-order valence-electron chi connectivity index (χ2n) is 4.69. The van der Waals surface area contributed by atoms with Gasteiger partial charge in [-0.25, -0.2) is 13.6 Å². The minimum atomic E-state index is -2.88. The number of carbonyl (C=O) groups is 2. The summed E-state index contributed by atoms with van der Waals surface area (Å²) in [4.78, 5) is 34.1. The number of carboxylic acids is 1. The van der Waals surface area contributed by atoms with E-state index in [2.05, 4.69) is 0 Å². The molecule has 1 atom stereocenters. The van der Waals surface area contributed by atoms with E-state index in [4.69, 9.17) is 5.11 Å². The van der Waals surface area contributed by atoms with Gasteiger partial charge in [0, 0.05) is 19.5 Å². The van der Waals surface area contributed by atoms with Crippen molar-refractivity contribution >= 4 is 23.3 Å². The van der Waals surface area contributed by atoms with Crippen molar-refractivity contribution in [2.75, 3.05) is 18.5 Å². The number of carboxylic acid groups (broad SMARTS) is 1. The number of benzene rings is 1. The summed E-state index contributed by atoms with van der Waals surface area (Å²) in [6.45, 7) is -0.419. The SMILES string of the molecule is CN(CC(=O)NC(CC(F)F)C(=O)O)c1ccccc1[N+](=O)[O-]. The molecule has 1 aromatic carbocycles. The average molecular weight is 331 g/mol. The first-order chi connectivity index (χ1) is 10.7. The van der Waals surface area contributed by atoms with Crippen molar-refractivity contribution in [2.45, 2.75) is 18.9 Å². The van der Waals surface area contributed by atoms with Crippen LogP contribution in [-0.2, 0) is 9.59 Å². The lowest BCUT2D eigenvalue weighted by Gasteiger charge is -2.20. The zero-order valence-corrected chi connectivity index (χ0v) is 12.1. The predicted octanol–water partition coefficient (Wildman–Crippen LogP) is 1.26. The van der Waals surface area contributed by atoms with Crippen molar-refractivity contribution in [3.8, 4) is 0 Å². The maximum absolute atomic E-state index is 12.3. The molecule has 0 aliphatic heterocycles. The molecular formula is C13H15F2N3O5. The molecule has 23 heavy (non-hydrogen) atoms. The van der Waals surface area contributed by atoms with Crippen LogP contribution in [0.5, 0.6) is 0 Å². The Hall–Kier alpha value is -2.78. The summed E-state index contributed by atoms with van der Waals surface area (Å²) in [6, 6.07) is 3.94. The van der Waals surface area contributed by atoms with Crippen LogP contribution < -0.4 is 10.2 Å². The molecule has 126 valence electrons. The maximum atomic E-state index is 12.3. The number of amides is 1. The third kappa shape index (κ3) is 5.49. The fourth-order valence-electron chi connectivity index (χ4n) is 1.88. The number of alkyl halides is 2. The Morgan fingerprint density at radius 1 is 1.39 bits per heavy atom. The van der Waals surface area contributed by atoms with Crippen molar-refractivity contribution in [2.24, 2.45) is 0 Å². The number of rotatable bonds is 8. The molecule has 1 aromatic rings. The summed E-state index contributed by atoms with van der Waals surface area (Å²) < 4.78 is 24.5. The van der Waals surface area contributed by atoms with E-state index in [-0.39, 0.29) is 11.4 Å². The molecule has 0 saturated carbocycles. The number of nitrogens with one attached hydrogen (secondary N) is 1. The molecule has 0 heterocycles. The Kier molecular flexibility index (Phi) is 6.36. The van der Waals surface area contributed by atoms with Gasteiger partial charge in [0.25, 0.3) is 5.69 Å². The van der Waals surface area contributed by atoms with Crippen molar-refractivity contribution < 1.29 is 28.4 Å². The highest BCUT2D eigenvalue weighted by Gasteiger charge is 2.25. The van der Waals surface area contributed by atoms with Crippen LogP contribution in [-0.4, -0.2) is 48.0 Å². The van der Waals surface area contributed by atoms with Gasteiger partial charge in [0.05, 0.1) is 11.5 Å². The van der Waals surface area contributed by atoms with E-state index in [1.807, 2.05) is 5.32 Å². The monoisotopic (exact) mass is 331 g/mol. The Balaban J connectivity index is 2.77. The highest BCUT2D eigenvalue weighted by Crippen LogP contribution is 2.26. The zero-order valence-electron chi connectivity index (χ0n) is 12.1. The molecule has 1 rings (SSSR count). The van der Waals surface area contributed by atoms with E-state index in [0.717, 1.165) is 0 Å². The molecule has 0 aromatic heterocycles. The number of anilines is 1. The molecule has 0 aliphatic carbocycles. The third-order valence-corrected chi connectivity index (χ3v) is 2.92. The molecule has 1 amide bonds. The number of nitrogens with zero attached hydrogens (tertiary/aromatic N) is 2. The molecular weight excluding hydrogens is 316 g/mol. The Morgan fingerprint density at radius 2 is 2.00 bits per heavy atom. The molecule has 1 unspecified atom stereocenters. The number of nitro benzene ring substituents is 1. The van der Waals surface area contributed by atoms with Gasteiger partial charge in [0.2, 0.25) is 12.3 Å². The molecule has 0 fully saturated rings. The maximum Gasteiger partial charge on any atom is 0.326 e. The lowest BCUT2D eigenvalue weighted by atomic mass is 10.2. The number of carbonyl (C=O) groups excluding carboxylic acids is 1. The third-order valence-electron chi connectivity index (χ3n) is 2.92.